The van der Waals surface area contributed by atoms with Crippen LogP contribution in [-0.4, -0.2) is 75.1 Å². The van der Waals surface area contributed by atoms with Crippen LogP contribution >= 0.6 is 15.9 Å². The third-order valence-electron chi connectivity index (χ3n) is 8.65. The molecule has 2 aromatic carbocycles. The molecule has 2 aliphatic heterocycles. The van der Waals surface area contributed by atoms with Crippen molar-refractivity contribution in [3.8, 4) is 0 Å². The van der Waals surface area contributed by atoms with Gasteiger partial charge in [0.25, 0.3) is 11.8 Å². The molecule has 192 valence electrons. The number of aromatic nitrogens is 2. The molecule has 2 amide bonds. The number of nitrogens with two attached hydrogens (primary N) is 1. The number of rotatable bonds is 1. The van der Waals surface area contributed by atoms with Crippen LogP contribution in [0.5, 0.6) is 0 Å². The van der Waals surface area contributed by atoms with Gasteiger partial charge < -0.3 is 20.6 Å². The van der Waals surface area contributed by atoms with Gasteiger partial charge in [0.05, 0.1) is 11.6 Å². The highest BCUT2D eigenvalue weighted by Crippen LogP contribution is 2.60. The van der Waals surface area contributed by atoms with Gasteiger partial charge in [-0.25, -0.2) is 4.99 Å². The standard InChI is InChI=1S/C27H25BrN8O2/c1-34-22(37)26(33-24(34)29)11-16-15-9-8-13(28)10-19(15)32-21(16)27(23(38)35(2)25(30)36(27)3)20(26)17-12-31-18-7-5-4-6-14(17)18/h4-10,12,20,30-32H,11H2,1-3H3,(H2,29,33)/t20-,26-,27+/m1/s1. The molecule has 0 bridgehead atoms. The number of para-hydroxylation sites is 1. The monoisotopic (exact) mass is 572 g/mol. The predicted octanol–water partition coefficient (Wildman–Crippen LogP) is 2.81. The van der Waals surface area contributed by atoms with E-state index in [4.69, 9.17) is 16.1 Å². The van der Waals surface area contributed by atoms with Crippen molar-refractivity contribution >= 4 is 61.5 Å². The molecule has 3 aliphatic rings. The fourth-order valence-corrected chi connectivity index (χ4v) is 7.28. The number of amides is 2. The second-order valence-electron chi connectivity index (χ2n) is 10.3. The van der Waals surface area contributed by atoms with Crippen LogP contribution in [0.25, 0.3) is 21.8 Å². The summed E-state index contributed by atoms with van der Waals surface area (Å²) >= 11 is 3.56. The molecule has 2 aromatic heterocycles. The molecule has 0 radical (unpaired) electrons. The number of halogens is 1. The topological polar surface area (TPSA) is 138 Å². The van der Waals surface area contributed by atoms with Crippen molar-refractivity contribution in [2.75, 3.05) is 21.1 Å². The van der Waals surface area contributed by atoms with Gasteiger partial charge in [0.2, 0.25) is 5.96 Å². The normalized spacial score (nSPS) is 27.1. The maximum atomic E-state index is 14.6. The molecule has 4 heterocycles. The highest BCUT2D eigenvalue weighted by molar-refractivity contribution is 9.10. The first-order chi connectivity index (χ1) is 18.1. The number of nitrogens with zero attached hydrogens (tertiary/aromatic N) is 4. The molecule has 38 heavy (non-hydrogen) atoms. The third kappa shape index (κ3) is 2.47. The predicted molar refractivity (Wildman–Crippen MR) is 148 cm³/mol. The van der Waals surface area contributed by atoms with Crippen LogP contribution in [0, 0.1) is 5.41 Å². The fraction of sp³-hybridized carbons (Fsp3) is 0.259. The smallest absolute Gasteiger partial charge is 0.261 e. The quantitative estimate of drug-likeness (QED) is 0.278. The molecular weight excluding hydrogens is 548 g/mol. The Morgan fingerprint density at radius 1 is 1.05 bits per heavy atom. The molecular formula is C27H25BrN8O2. The van der Waals surface area contributed by atoms with Crippen molar-refractivity contribution < 1.29 is 9.59 Å². The van der Waals surface area contributed by atoms with Crippen molar-refractivity contribution in [3.05, 3.63) is 70.0 Å². The van der Waals surface area contributed by atoms with Crippen LogP contribution in [0.4, 0.5) is 0 Å². The van der Waals surface area contributed by atoms with Gasteiger partial charge in [-0.15, -0.1) is 0 Å². The highest BCUT2D eigenvalue weighted by atomic mass is 79.9. The number of carbonyl (C=O) groups is 2. The van der Waals surface area contributed by atoms with Crippen molar-refractivity contribution in [1.29, 1.82) is 5.41 Å². The summed E-state index contributed by atoms with van der Waals surface area (Å²) in [5.74, 6) is -1.23. The van der Waals surface area contributed by atoms with Crippen LogP contribution in [0.1, 0.15) is 22.7 Å². The Balaban J connectivity index is 1.68. The van der Waals surface area contributed by atoms with Gasteiger partial charge in [0.15, 0.2) is 17.0 Å². The van der Waals surface area contributed by atoms with Gasteiger partial charge in [-0.2, -0.15) is 0 Å². The Bertz CT molecular complexity index is 1770. The molecule has 10 nitrogen and oxygen atoms in total. The SMILES string of the molecule is CN1C(=N)N(C)[C@]2(C1=O)c1[nH]c3cc(Br)ccc3c1C[C@@]1(N=C(N)N(C)C1=O)[C@H]2c1c[nH]c2ccccc12. The van der Waals surface area contributed by atoms with E-state index in [2.05, 4.69) is 25.9 Å². The summed E-state index contributed by atoms with van der Waals surface area (Å²) < 4.78 is 0.885. The van der Waals surface area contributed by atoms with Crippen molar-refractivity contribution in [2.45, 2.75) is 23.4 Å². The van der Waals surface area contributed by atoms with E-state index in [-0.39, 0.29) is 30.2 Å². The number of nitrogens with one attached hydrogen (secondary N) is 3. The number of aromatic amines is 2. The molecule has 4 aromatic rings. The number of likely N-dealkylation sites (N-methyl/N-ethyl adjacent to an activating group) is 3. The first-order valence-corrected chi connectivity index (χ1v) is 13.0. The second kappa shape index (κ2) is 7.25. The zero-order valence-corrected chi connectivity index (χ0v) is 22.5. The number of carbonyl (C=O) groups excluding carboxylic acids is 2. The Morgan fingerprint density at radius 2 is 1.82 bits per heavy atom. The minimum Gasteiger partial charge on any atom is -0.369 e. The number of benzene rings is 2. The van der Waals surface area contributed by atoms with Crippen LogP contribution in [-0.2, 0) is 21.5 Å². The van der Waals surface area contributed by atoms with Crippen molar-refractivity contribution in [3.63, 3.8) is 0 Å². The van der Waals surface area contributed by atoms with Gasteiger partial charge in [-0.1, -0.05) is 40.2 Å². The fourth-order valence-electron chi connectivity index (χ4n) is 6.92. The Labute approximate surface area is 226 Å². The second-order valence-corrected chi connectivity index (χ2v) is 11.3. The first-order valence-electron chi connectivity index (χ1n) is 12.2. The number of aliphatic imine (C=N–C) groups is 1. The molecule has 1 fully saturated rings. The van der Waals surface area contributed by atoms with E-state index < -0.39 is 17.0 Å². The van der Waals surface area contributed by atoms with Gasteiger partial charge >= 0.3 is 0 Å². The summed E-state index contributed by atoms with van der Waals surface area (Å²) in [6.07, 6.45) is 2.11. The van der Waals surface area contributed by atoms with Gasteiger partial charge in [0, 0.05) is 60.0 Å². The lowest BCUT2D eigenvalue weighted by Crippen LogP contribution is -2.63. The van der Waals surface area contributed by atoms with E-state index in [9.17, 15) is 9.59 Å². The van der Waals surface area contributed by atoms with Crippen molar-refractivity contribution in [1.82, 2.24) is 24.7 Å². The molecule has 1 aliphatic carbocycles. The van der Waals surface area contributed by atoms with E-state index in [1.165, 1.54) is 9.80 Å². The molecule has 5 N–H and O–H groups in total. The molecule has 3 atom stereocenters. The lowest BCUT2D eigenvalue weighted by molar-refractivity contribution is -0.139. The average molecular weight is 573 g/mol. The number of hydrogen-bond acceptors (Lipinski definition) is 5. The van der Waals surface area contributed by atoms with E-state index >= 15 is 0 Å². The summed E-state index contributed by atoms with van der Waals surface area (Å²) in [6, 6.07) is 13.7. The van der Waals surface area contributed by atoms with Crippen LogP contribution in [0.2, 0.25) is 0 Å². The van der Waals surface area contributed by atoms with Gasteiger partial charge in [-0.3, -0.25) is 24.8 Å². The molecule has 0 saturated carbocycles. The Hall–Kier alpha value is -4.12. The summed E-state index contributed by atoms with van der Waals surface area (Å²) in [5, 5.41) is 10.7. The zero-order valence-electron chi connectivity index (χ0n) is 21.0. The van der Waals surface area contributed by atoms with Crippen LogP contribution in [0.15, 0.2) is 58.1 Å². The molecule has 2 spiro atoms. The zero-order chi connectivity index (χ0) is 26.7. The Kier molecular flexibility index (Phi) is 4.40. The molecule has 0 unspecified atom stereocenters. The number of H-pyrrole nitrogens is 2. The van der Waals surface area contributed by atoms with Gasteiger partial charge in [-0.05, 0) is 29.3 Å². The van der Waals surface area contributed by atoms with E-state index in [1.807, 2.05) is 48.7 Å². The lowest BCUT2D eigenvalue weighted by Gasteiger charge is -2.50. The number of hydrogen-bond donors (Lipinski definition) is 4. The van der Waals surface area contributed by atoms with Crippen molar-refractivity contribution in [2.24, 2.45) is 10.7 Å². The van der Waals surface area contributed by atoms with Gasteiger partial charge in [0.1, 0.15) is 0 Å². The van der Waals surface area contributed by atoms with E-state index in [0.29, 0.717) is 5.69 Å². The summed E-state index contributed by atoms with van der Waals surface area (Å²) in [4.78, 5) is 45.0. The minimum atomic E-state index is -1.46. The maximum Gasteiger partial charge on any atom is 0.261 e. The lowest BCUT2D eigenvalue weighted by atomic mass is 9.58. The summed E-state index contributed by atoms with van der Waals surface area (Å²) in [5.41, 5.74) is 7.44. The van der Waals surface area contributed by atoms with Crippen LogP contribution in [0.3, 0.4) is 0 Å². The largest absolute Gasteiger partial charge is 0.369 e. The minimum absolute atomic E-state index is 0.0402. The summed E-state index contributed by atoms with van der Waals surface area (Å²) in [7, 11) is 4.96. The van der Waals surface area contributed by atoms with E-state index in [1.54, 1.807) is 26.0 Å². The average Bonchev–Trinajstić information content (AvgIpc) is 3.58. The highest BCUT2D eigenvalue weighted by Gasteiger charge is 2.72. The Morgan fingerprint density at radius 3 is 2.50 bits per heavy atom. The summed E-state index contributed by atoms with van der Waals surface area (Å²) in [6.45, 7) is 0. The first kappa shape index (κ1) is 23.0. The third-order valence-corrected chi connectivity index (χ3v) is 9.14. The van der Waals surface area contributed by atoms with Crippen LogP contribution < -0.4 is 5.73 Å². The van der Waals surface area contributed by atoms with E-state index in [0.717, 1.165) is 37.4 Å². The number of guanidine groups is 2. The maximum absolute atomic E-state index is 14.6. The molecule has 11 heteroatoms. The molecule has 7 rings (SSSR count). The number of fused-ring (bicyclic) bond motifs is 5. The molecule has 1 saturated heterocycles.